The highest BCUT2D eigenvalue weighted by atomic mass is 35.5. The number of aryl methyl sites for hydroxylation is 1. The molecular formula is C10H11ClN2O2. The average Bonchev–Trinajstić information content (AvgIpc) is 2.17. The molecule has 0 aliphatic heterocycles. The summed E-state index contributed by atoms with van der Waals surface area (Å²) < 4.78 is 0. The largest absolute Gasteiger partial charge is 0.389 e. The molecular weight excluding hydrogens is 216 g/mol. The SMILES string of the molecule is Cc1ccnc(Cl)c1C(O)C(O)CC#N. The quantitative estimate of drug-likeness (QED) is 0.763. The molecule has 1 heterocycles. The van der Waals surface area contributed by atoms with E-state index in [2.05, 4.69) is 4.98 Å². The first-order valence-corrected chi connectivity index (χ1v) is 4.79. The first-order valence-electron chi connectivity index (χ1n) is 4.42. The Hall–Kier alpha value is -1.15. The first-order chi connectivity index (χ1) is 7.07. The van der Waals surface area contributed by atoms with Crippen molar-refractivity contribution in [2.75, 3.05) is 0 Å². The smallest absolute Gasteiger partial charge is 0.135 e. The van der Waals surface area contributed by atoms with Gasteiger partial charge in [0, 0.05) is 11.8 Å². The van der Waals surface area contributed by atoms with Crippen molar-refractivity contribution in [2.24, 2.45) is 0 Å². The number of hydrogen-bond acceptors (Lipinski definition) is 4. The lowest BCUT2D eigenvalue weighted by Crippen LogP contribution is -2.19. The molecule has 2 unspecified atom stereocenters. The van der Waals surface area contributed by atoms with E-state index >= 15 is 0 Å². The highest BCUT2D eigenvalue weighted by molar-refractivity contribution is 6.30. The van der Waals surface area contributed by atoms with Crippen LogP contribution < -0.4 is 0 Å². The van der Waals surface area contributed by atoms with Crippen molar-refractivity contribution in [2.45, 2.75) is 25.6 Å². The van der Waals surface area contributed by atoms with E-state index in [1.165, 1.54) is 6.20 Å². The molecule has 0 spiro atoms. The fourth-order valence-corrected chi connectivity index (χ4v) is 1.61. The standard InChI is InChI=1S/C10H11ClN2O2/c1-6-3-5-13-10(11)8(6)9(15)7(14)2-4-12/h3,5,7,9,14-15H,2H2,1H3. The molecule has 0 aliphatic carbocycles. The summed E-state index contributed by atoms with van der Waals surface area (Å²) in [7, 11) is 0. The second kappa shape index (κ2) is 5.08. The Morgan fingerprint density at radius 3 is 2.80 bits per heavy atom. The molecule has 0 aliphatic rings. The molecule has 5 heteroatoms. The number of aromatic nitrogens is 1. The van der Waals surface area contributed by atoms with Gasteiger partial charge >= 0.3 is 0 Å². The predicted octanol–water partition coefficient (Wildman–Crippen LogP) is 1.35. The Morgan fingerprint density at radius 1 is 1.60 bits per heavy atom. The van der Waals surface area contributed by atoms with Crippen molar-refractivity contribution in [3.8, 4) is 6.07 Å². The zero-order valence-corrected chi connectivity index (χ0v) is 8.94. The lowest BCUT2D eigenvalue weighted by molar-refractivity contribution is 0.0211. The van der Waals surface area contributed by atoms with Crippen molar-refractivity contribution in [1.82, 2.24) is 4.98 Å². The molecule has 80 valence electrons. The third-order valence-electron chi connectivity index (χ3n) is 2.12. The number of pyridine rings is 1. The second-order valence-electron chi connectivity index (χ2n) is 3.21. The van der Waals surface area contributed by atoms with Gasteiger partial charge < -0.3 is 10.2 Å². The fourth-order valence-electron chi connectivity index (χ4n) is 1.29. The van der Waals surface area contributed by atoms with Crippen LogP contribution in [0.1, 0.15) is 23.7 Å². The van der Waals surface area contributed by atoms with Gasteiger partial charge in [0.1, 0.15) is 11.3 Å². The van der Waals surface area contributed by atoms with E-state index in [4.69, 9.17) is 16.9 Å². The topological polar surface area (TPSA) is 77.1 Å². The molecule has 0 fully saturated rings. The summed E-state index contributed by atoms with van der Waals surface area (Å²) in [4.78, 5) is 3.81. The van der Waals surface area contributed by atoms with Crippen LogP contribution in [0.3, 0.4) is 0 Å². The van der Waals surface area contributed by atoms with Gasteiger partial charge in [-0.3, -0.25) is 0 Å². The van der Waals surface area contributed by atoms with Crippen molar-refractivity contribution in [1.29, 1.82) is 5.26 Å². The number of nitriles is 1. The number of rotatable bonds is 3. The molecule has 2 N–H and O–H groups in total. The summed E-state index contributed by atoms with van der Waals surface area (Å²) in [6.07, 6.45) is -0.947. The van der Waals surface area contributed by atoms with Crippen molar-refractivity contribution in [3.63, 3.8) is 0 Å². The second-order valence-corrected chi connectivity index (χ2v) is 3.56. The first kappa shape index (κ1) is 11.9. The van der Waals surface area contributed by atoms with E-state index in [1.807, 2.05) is 0 Å². The lowest BCUT2D eigenvalue weighted by Gasteiger charge is -2.18. The van der Waals surface area contributed by atoms with Gasteiger partial charge in [0.2, 0.25) is 0 Å². The molecule has 0 saturated heterocycles. The van der Waals surface area contributed by atoms with Crippen LogP contribution in [-0.4, -0.2) is 21.3 Å². The molecule has 1 aromatic heterocycles. The molecule has 2 atom stereocenters. The third kappa shape index (κ3) is 2.66. The van der Waals surface area contributed by atoms with Gasteiger partial charge in [0.15, 0.2) is 0 Å². The van der Waals surface area contributed by atoms with Crippen LogP contribution in [-0.2, 0) is 0 Å². The Labute approximate surface area is 92.8 Å². The maximum Gasteiger partial charge on any atom is 0.135 e. The average molecular weight is 227 g/mol. The van der Waals surface area contributed by atoms with Gasteiger partial charge in [-0.25, -0.2) is 4.98 Å². The molecule has 0 aromatic carbocycles. The van der Waals surface area contributed by atoms with Gasteiger partial charge in [-0.05, 0) is 18.6 Å². The number of halogens is 1. The normalized spacial score (nSPS) is 14.3. The molecule has 4 nitrogen and oxygen atoms in total. The van der Waals surface area contributed by atoms with Gasteiger partial charge in [-0.1, -0.05) is 11.6 Å². The summed E-state index contributed by atoms with van der Waals surface area (Å²) in [5.74, 6) is 0. The Bertz CT molecular complexity index is 369. The molecule has 1 rings (SSSR count). The number of aliphatic hydroxyl groups is 2. The van der Waals surface area contributed by atoms with E-state index in [-0.39, 0.29) is 11.6 Å². The van der Waals surface area contributed by atoms with Crippen LogP contribution in [0.5, 0.6) is 0 Å². The summed E-state index contributed by atoms with van der Waals surface area (Å²) in [5, 5.41) is 27.8. The Balaban J connectivity index is 3.01. The van der Waals surface area contributed by atoms with Gasteiger partial charge in [0.25, 0.3) is 0 Å². The Kier molecular flexibility index (Phi) is 4.04. The van der Waals surface area contributed by atoms with Gasteiger partial charge in [0.05, 0.1) is 18.6 Å². The van der Waals surface area contributed by atoms with Crippen LogP contribution in [0.25, 0.3) is 0 Å². The monoisotopic (exact) mass is 226 g/mol. The van der Waals surface area contributed by atoms with Crippen LogP contribution in [0.2, 0.25) is 5.15 Å². The minimum absolute atomic E-state index is 0.147. The number of aliphatic hydroxyl groups excluding tert-OH is 2. The molecule has 0 bridgehead atoms. The zero-order valence-electron chi connectivity index (χ0n) is 8.18. The van der Waals surface area contributed by atoms with Gasteiger partial charge in [-0.2, -0.15) is 5.26 Å². The molecule has 0 saturated carbocycles. The van der Waals surface area contributed by atoms with Crippen LogP contribution in [0.15, 0.2) is 12.3 Å². The van der Waals surface area contributed by atoms with Crippen molar-refractivity contribution >= 4 is 11.6 Å². The molecule has 0 radical (unpaired) electrons. The van der Waals surface area contributed by atoms with E-state index in [0.29, 0.717) is 5.56 Å². The molecule has 15 heavy (non-hydrogen) atoms. The minimum atomic E-state index is -1.18. The summed E-state index contributed by atoms with van der Waals surface area (Å²) in [5.41, 5.74) is 1.11. The summed E-state index contributed by atoms with van der Waals surface area (Å²) >= 11 is 5.80. The third-order valence-corrected chi connectivity index (χ3v) is 2.42. The van der Waals surface area contributed by atoms with E-state index in [0.717, 1.165) is 5.56 Å². The summed E-state index contributed by atoms with van der Waals surface area (Å²) in [6.45, 7) is 1.76. The molecule has 0 amide bonds. The molecule has 1 aromatic rings. The minimum Gasteiger partial charge on any atom is -0.389 e. The summed E-state index contributed by atoms with van der Waals surface area (Å²) in [6, 6.07) is 3.47. The fraction of sp³-hybridized carbons (Fsp3) is 0.400. The lowest BCUT2D eigenvalue weighted by atomic mass is 10.0. The van der Waals surface area contributed by atoms with Gasteiger partial charge in [-0.15, -0.1) is 0 Å². The maximum absolute atomic E-state index is 9.76. The van der Waals surface area contributed by atoms with Crippen molar-refractivity contribution in [3.05, 3.63) is 28.5 Å². The van der Waals surface area contributed by atoms with E-state index in [1.54, 1.807) is 19.1 Å². The number of hydrogen-bond donors (Lipinski definition) is 2. The van der Waals surface area contributed by atoms with Crippen LogP contribution >= 0.6 is 11.6 Å². The Morgan fingerprint density at radius 2 is 2.27 bits per heavy atom. The van der Waals surface area contributed by atoms with E-state index in [9.17, 15) is 10.2 Å². The van der Waals surface area contributed by atoms with Crippen LogP contribution in [0, 0.1) is 18.3 Å². The predicted molar refractivity (Wildman–Crippen MR) is 55.2 cm³/mol. The zero-order chi connectivity index (χ0) is 11.4. The maximum atomic E-state index is 9.76. The highest BCUT2D eigenvalue weighted by Crippen LogP contribution is 2.27. The van der Waals surface area contributed by atoms with Crippen molar-refractivity contribution < 1.29 is 10.2 Å². The van der Waals surface area contributed by atoms with Crippen LogP contribution in [0.4, 0.5) is 0 Å². The highest BCUT2D eigenvalue weighted by Gasteiger charge is 2.22. The van der Waals surface area contributed by atoms with E-state index < -0.39 is 12.2 Å². The number of nitrogens with zero attached hydrogens (tertiary/aromatic N) is 2.